The van der Waals surface area contributed by atoms with Crippen molar-refractivity contribution in [3.8, 4) is 0 Å². The topological polar surface area (TPSA) is 97.7 Å². The maximum atomic E-state index is 11.0. The maximum Gasteiger partial charge on any atom is 0.313 e. The van der Waals surface area contributed by atoms with E-state index in [2.05, 4.69) is 4.74 Å². The van der Waals surface area contributed by atoms with E-state index in [-0.39, 0.29) is 32.1 Å². The van der Waals surface area contributed by atoms with E-state index in [1.165, 1.54) is 0 Å². The lowest BCUT2D eigenvalue weighted by molar-refractivity contribution is -0.159. The molecule has 0 spiro atoms. The second-order valence-electron chi connectivity index (χ2n) is 3.15. The Kier molecular flexibility index (Phi) is 7.66. The average molecular weight is 230 g/mol. The van der Waals surface area contributed by atoms with Crippen LogP contribution >= 0.6 is 0 Å². The predicted molar refractivity (Wildman–Crippen MR) is 52.5 cm³/mol. The molecule has 6 nitrogen and oxygen atoms in total. The third-order valence-electron chi connectivity index (χ3n) is 1.70. The fraction of sp³-hybridized carbons (Fsp3) is 0.600. The van der Waals surface area contributed by atoms with Gasteiger partial charge in [-0.2, -0.15) is 0 Å². The molecule has 0 saturated heterocycles. The first-order chi connectivity index (χ1) is 7.56. The molecule has 0 saturated carbocycles. The molecule has 6 heteroatoms. The van der Waals surface area contributed by atoms with Crippen LogP contribution < -0.4 is 0 Å². The zero-order valence-electron chi connectivity index (χ0n) is 8.81. The van der Waals surface area contributed by atoms with Crippen LogP contribution in [0.3, 0.4) is 0 Å². The first-order valence-electron chi connectivity index (χ1n) is 4.95. The Bertz CT molecular complexity index is 270. The summed E-state index contributed by atoms with van der Waals surface area (Å²) >= 11 is 0. The normalized spacial score (nSPS) is 9.50. The summed E-state index contributed by atoms with van der Waals surface area (Å²) in [6, 6.07) is 0. The summed E-state index contributed by atoms with van der Waals surface area (Å²) in [6.45, 7) is 0. The molecule has 0 rings (SSSR count). The molecule has 0 aliphatic rings. The number of esters is 2. The molecule has 90 valence electrons. The van der Waals surface area contributed by atoms with Crippen LogP contribution in [-0.4, -0.2) is 29.3 Å². The molecule has 0 heterocycles. The third kappa shape index (κ3) is 8.86. The lowest BCUT2D eigenvalue weighted by Gasteiger charge is -2.01. The number of hydrogen-bond donors (Lipinski definition) is 1. The predicted octanol–water partition coefficient (Wildman–Crippen LogP) is 0.680. The minimum atomic E-state index is -0.995. The fourth-order valence-electron chi connectivity index (χ4n) is 0.943. The number of aldehydes is 1. The van der Waals surface area contributed by atoms with Crippen molar-refractivity contribution in [2.75, 3.05) is 0 Å². The molecule has 0 aromatic rings. The molecule has 0 radical (unpaired) electrons. The molecule has 1 N–H and O–H groups in total. The highest BCUT2D eigenvalue weighted by atomic mass is 16.6. The molecule has 0 aromatic carbocycles. The number of ether oxygens (including phenoxy) is 1. The van der Waals surface area contributed by atoms with Gasteiger partial charge in [-0.25, -0.2) is 0 Å². The van der Waals surface area contributed by atoms with Gasteiger partial charge in [0.25, 0.3) is 0 Å². The van der Waals surface area contributed by atoms with Crippen molar-refractivity contribution >= 4 is 24.2 Å². The van der Waals surface area contributed by atoms with Crippen molar-refractivity contribution in [1.29, 1.82) is 0 Å². The van der Waals surface area contributed by atoms with E-state index >= 15 is 0 Å². The minimum Gasteiger partial charge on any atom is -0.481 e. The maximum absolute atomic E-state index is 11.0. The van der Waals surface area contributed by atoms with Crippen molar-refractivity contribution < 1.29 is 29.0 Å². The van der Waals surface area contributed by atoms with Gasteiger partial charge in [0.15, 0.2) is 0 Å². The molecule has 0 aliphatic carbocycles. The number of carbonyl (C=O) groups excluding carboxylic acids is 3. The zero-order chi connectivity index (χ0) is 12.4. The minimum absolute atomic E-state index is 0.0173. The first kappa shape index (κ1) is 14.3. The van der Waals surface area contributed by atoms with E-state index < -0.39 is 17.9 Å². The number of hydrogen-bond acceptors (Lipinski definition) is 5. The van der Waals surface area contributed by atoms with E-state index in [1.807, 2.05) is 0 Å². The van der Waals surface area contributed by atoms with Gasteiger partial charge in [0, 0.05) is 25.7 Å². The van der Waals surface area contributed by atoms with Crippen LogP contribution in [-0.2, 0) is 23.9 Å². The van der Waals surface area contributed by atoms with Crippen LogP contribution in [0.2, 0.25) is 0 Å². The molecular formula is C10H14O6. The number of unbranched alkanes of at least 4 members (excludes halogenated alkanes) is 1. The van der Waals surface area contributed by atoms with Crippen LogP contribution in [0.1, 0.15) is 38.5 Å². The molecule has 0 aromatic heterocycles. The Hall–Kier alpha value is -1.72. The van der Waals surface area contributed by atoms with Gasteiger partial charge in [-0.05, 0) is 12.8 Å². The largest absolute Gasteiger partial charge is 0.481 e. The number of carboxylic acid groups (broad SMARTS) is 1. The Morgan fingerprint density at radius 2 is 1.56 bits per heavy atom. The summed E-state index contributed by atoms with van der Waals surface area (Å²) in [6.07, 6.45) is 1.23. The zero-order valence-corrected chi connectivity index (χ0v) is 8.81. The summed E-state index contributed by atoms with van der Waals surface area (Å²) in [5, 5.41) is 8.30. The SMILES string of the molecule is O=CCCCC(=O)OC(=O)CCCC(=O)O. The Morgan fingerprint density at radius 1 is 1.00 bits per heavy atom. The van der Waals surface area contributed by atoms with Crippen molar-refractivity contribution in [2.24, 2.45) is 0 Å². The van der Waals surface area contributed by atoms with Gasteiger partial charge in [0.1, 0.15) is 6.29 Å². The Balaban J connectivity index is 3.58. The highest BCUT2D eigenvalue weighted by Crippen LogP contribution is 2.01. The highest BCUT2D eigenvalue weighted by Gasteiger charge is 2.10. The van der Waals surface area contributed by atoms with Gasteiger partial charge in [-0.3, -0.25) is 14.4 Å². The molecule has 0 atom stereocenters. The van der Waals surface area contributed by atoms with Crippen LogP contribution in [0.25, 0.3) is 0 Å². The first-order valence-corrected chi connectivity index (χ1v) is 4.95. The molecule has 0 amide bonds. The number of aliphatic carboxylic acids is 1. The van der Waals surface area contributed by atoms with Gasteiger partial charge in [-0.15, -0.1) is 0 Å². The molecule has 0 bridgehead atoms. The molecule has 0 aliphatic heterocycles. The van der Waals surface area contributed by atoms with E-state index in [9.17, 15) is 19.2 Å². The van der Waals surface area contributed by atoms with Crippen molar-refractivity contribution in [1.82, 2.24) is 0 Å². The van der Waals surface area contributed by atoms with Gasteiger partial charge in [-0.1, -0.05) is 0 Å². The average Bonchev–Trinajstić information content (AvgIpc) is 2.17. The van der Waals surface area contributed by atoms with Crippen LogP contribution in [0, 0.1) is 0 Å². The standard InChI is InChI=1S/C10H14O6/c11-7-2-1-5-9(14)16-10(15)6-3-4-8(12)13/h7H,1-6H2,(H,12,13). The van der Waals surface area contributed by atoms with E-state index in [1.54, 1.807) is 0 Å². The second-order valence-corrected chi connectivity index (χ2v) is 3.15. The molecule has 0 fully saturated rings. The van der Waals surface area contributed by atoms with Crippen molar-refractivity contribution in [2.45, 2.75) is 38.5 Å². The molecule has 0 unspecified atom stereocenters. The summed E-state index contributed by atoms with van der Waals surface area (Å²) in [4.78, 5) is 42.0. The van der Waals surface area contributed by atoms with Gasteiger partial charge in [0.2, 0.25) is 0 Å². The number of carboxylic acids is 1. The monoisotopic (exact) mass is 230 g/mol. The second kappa shape index (κ2) is 8.58. The number of carbonyl (C=O) groups is 4. The smallest absolute Gasteiger partial charge is 0.313 e. The van der Waals surface area contributed by atoms with Crippen LogP contribution in [0.4, 0.5) is 0 Å². The third-order valence-corrected chi connectivity index (χ3v) is 1.70. The van der Waals surface area contributed by atoms with Crippen LogP contribution in [0.5, 0.6) is 0 Å². The van der Waals surface area contributed by atoms with Gasteiger partial charge < -0.3 is 14.6 Å². The quantitative estimate of drug-likeness (QED) is 0.285. The molecular weight excluding hydrogens is 216 g/mol. The van der Waals surface area contributed by atoms with Gasteiger partial charge >= 0.3 is 17.9 Å². The van der Waals surface area contributed by atoms with E-state index in [0.717, 1.165) is 0 Å². The summed E-state index contributed by atoms with van der Waals surface area (Å²) in [7, 11) is 0. The van der Waals surface area contributed by atoms with E-state index in [0.29, 0.717) is 12.7 Å². The van der Waals surface area contributed by atoms with Crippen molar-refractivity contribution in [3.05, 3.63) is 0 Å². The lowest BCUT2D eigenvalue weighted by atomic mass is 10.2. The summed E-state index contributed by atoms with van der Waals surface area (Å²) < 4.78 is 4.39. The van der Waals surface area contributed by atoms with Crippen molar-refractivity contribution in [3.63, 3.8) is 0 Å². The Labute approximate surface area is 92.6 Å². The number of rotatable bonds is 8. The van der Waals surface area contributed by atoms with Gasteiger partial charge in [0.05, 0.1) is 0 Å². The summed E-state index contributed by atoms with van der Waals surface area (Å²) in [5.41, 5.74) is 0. The molecule has 16 heavy (non-hydrogen) atoms. The lowest BCUT2D eigenvalue weighted by Crippen LogP contribution is -2.12. The fourth-order valence-corrected chi connectivity index (χ4v) is 0.943. The van der Waals surface area contributed by atoms with E-state index in [4.69, 9.17) is 5.11 Å². The Morgan fingerprint density at radius 3 is 2.06 bits per heavy atom. The van der Waals surface area contributed by atoms with Crippen LogP contribution in [0.15, 0.2) is 0 Å². The summed E-state index contributed by atoms with van der Waals surface area (Å²) in [5.74, 6) is -2.40. The highest BCUT2D eigenvalue weighted by molar-refractivity contribution is 5.85.